The summed E-state index contributed by atoms with van der Waals surface area (Å²) in [6, 6.07) is 13.2. The van der Waals surface area contributed by atoms with Crippen molar-refractivity contribution in [3.05, 3.63) is 58.1 Å². The summed E-state index contributed by atoms with van der Waals surface area (Å²) in [6.45, 7) is 7.99. The molecule has 0 atom stereocenters. The Morgan fingerprint density at radius 3 is 2.03 bits per heavy atom. The molecule has 0 aliphatic rings. The minimum atomic E-state index is -0.475. The molecule has 2 N–H and O–H groups in total. The molecule has 0 radical (unpaired) electrons. The minimum absolute atomic E-state index is 0.0167. The van der Waals surface area contributed by atoms with Crippen molar-refractivity contribution in [2.45, 2.75) is 39.5 Å². The number of carbonyl (C=O) groups excluding carboxylic acids is 2. The van der Waals surface area contributed by atoms with Crippen LogP contribution in [0.5, 0.6) is 11.5 Å². The first-order chi connectivity index (χ1) is 13.7. The predicted octanol–water partition coefficient (Wildman–Crippen LogP) is 3.91. The van der Waals surface area contributed by atoms with E-state index in [0.29, 0.717) is 11.5 Å². The number of hydrogen-bond acceptors (Lipinski definition) is 4. The van der Waals surface area contributed by atoms with E-state index >= 15 is 0 Å². The maximum atomic E-state index is 11.9. The largest absolute Gasteiger partial charge is 0.484 e. The number of amides is 2. The molecule has 0 unspecified atom stereocenters. The quantitative estimate of drug-likeness (QED) is 0.611. The summed E-state index contributed by atoms with van der Waals surface area (Å²) in [5.41, 5.74) is 6.96. The Bertz CT molecular complexity index is 845. The molecule has 0 heterocycles. The van der Waals surface area contributed by atoms with Gasteiger partial charge in [0.15, 0.2) is 13.2 Å². The highest BCUT2D eigenvalue weighted by atomic mass is 79.9. The van der Waals surface area contributed by atoms with Gasteiger partial charge in [0.05, 0.1) is 4.47 Å². The van der Waals surface area contributed by atoms with Gasteiger partial charge in [-0.3, -0.25) is 20.4 Å². The predicted molar refractivity (Wildman–Crippen MR) is 116 cm³/mol. The van der Waals surface area contributed by atoms with Gasteiger partial charge < -0.3 is 9.47 Å². The van der Waals surface area contributed by atoms with E-state index in [1.54, 1.807) is 12.1 Å². The van der Waals surface area contributed by atoms with Crippen molar-refractivity contribution < 1.29 is 19.1 Å². The number of aryl methyl sites for hydroxylation is 1. The molecule has 0 saturated heterocycles. The van der Waals surface area contributed by atoms with E-state index in [1.165, 1.54) is 5.56 Å². The maximum Gasteiger partial charge on any atom is 0.276 e. The zero-order valence-corrected chi connectivity index (χ0v) is 18.8. The van der Waals surface area contributed by atoms with Gasteiger partial charge in [0.25, 0.3) is 11.8 Å². The summed E-state index contributed by atoms with van der Waals surface area (Å²) >= 11 is 3.46. The van der Waals surface area contributed by atoms with Gasteiger partial charge in [0.2, 0.25) is 0 Å². The molecular formula is C22H27BrN2O4. The molecule has 7 heteroatoms. The maximum absolute atomic E-state index is 11.9. The highest BCUT2D eigenvalue weighted by Crippen LogP contribution is 2.31. The van der Waals surface area contributed by atoms with E-state index in [-0.39, 0.29) is 18.6 Å². The number of ether oxygens (including phenoxy) is 2. The number of rotatable bonds is 7. The van der Waals surface area contributed by atoms with Crippen molar-refractivity contribution in [2.75, 3.05) is 13.2 Å². The average molecular weight is 463 g/mol. The van der Waals surface area contributed by atoms with Crippen LogP contribution in [0.3, 0.4) is 0 Å². The van der Waals surface area contributed by atoms with Crippen LogP contribution in [-0.4, -0.2) is 25.0 Å². The second-order valence-electron chi connectivity index (χ2n) is 7.57. The van der Waals surface area contributed by atoms with Crippen molar-refractivity contribution in [2.24, 2.45) is 0 Å². The van der Waals surface area contributed by atoms with Crippen LogP contribution in [0.2, 0.25) is 0 Å². The van der Waals surface area contributed by atoms with Gasteiger partial charge in [-0.1, -0.05) is 45.9 Å². The number of hydrazine groups is 1. The Labute approximate surface area is 180 Å². The van der Waals surface area contributed by atoms with Gasteiger partial charge >= 0.3 is 0 Å². The van der Waals surface area contributed by atoms with E-state index in [4.69, 9.17) is 9.47 Å². The van der Waals surface area contributed by atoms with Crippen LogP contribution in [0.15, 0.2) is 46.9 Å². The molecule has 0 aliphatic heterocycles. The van der Waals surface area contributed by atoms with Crippen molar-refractivity contribution in [3.63, 3.8) is 0 Å². The lowest BCUT2D eigenvalue weighted by Gasteiger charge is -2.20. The lowest BCUT2D eigenvalue weighted by molar-refractivity contribution is -0.131. The van der Waals surface area contributed by atoms with E-state index in [2.05, 4.69) is 54.5 Å². The first-order valence-electron chi connectivity index (χ1n) is 9.41. The number of halogens is 1. The summed E-state index contributed by atoms with van der Waals surface area (Å²) in [5, 5.41) is 0. The van der Waals surface area contributed by atoms with Gasteiger partial charge in [-0.2, -0.15) is 0 Å². The average Bonchev–Trinajstić information content (AvgIpc) is 2.69. The fourth-order valence-electron chi connectivity index (χ4n) is 2.41. The summed E-state index contributed by atoms with van der Waals surface area (Å²) < 4.78 is 11.7. The molecule has 0 aromatic heterocycles. The highest BCUT2D eigenvalue weighted by Gasteiger charge is 2.15. The number of nitrogens with one attached hydrogen (secondary N) is 2. The third-order valence-corrected chi connectivity index (χ3v) is 4.82. The van der Waals surface area contributed by atoms with Crippen molar-refractivity contribution in [1.29, 1.82) is 0 Å². The van der Waals surface area contributed by atoms with Gasteiger partial charge in [-0.25, -0.2) is 0 Å². The van der Waals surface area contributed by atoms with Crippen LogP contribution in [0, 0.1) is 0 Å². The Balaban J connectivity index is 1.73. The third-order valence-electron chi connectivity index (χ3n) is 4.20. The molecule has 0 spiro atoms. The molecule has 6 nitrogen and oxygen atoms in total. The molecule has 0 bridgehead atoms. The zero-order chi connectivity index (χ0) is 21.4. The summed E-state index contributed by atoms with van der Waals surface area (Å²) in [6.07, 6.45) is 0.937. The molecule has 2 aromatic carbocycles. The van der Waals surface area contributed by atoms with E-state index in [1.807, 2.05) is 30.3 Å². The van der Waals surface area contributed by atoms with E-state index < -0.39 is 11.8 Å². The molecular weight excluding hydrogens is 436 g/mol. The molecule has 2 amide bonds. The molecule has 2 rings (SSSR count). The Kier molecular flexibility index (Phi) is 8.08. The van der Waals surface area contributed by atoms with Crippen LogP contribution in [0.1, 0.15) is 38.8 Å². The number of carbonyl (C=O) groups is 2. The van der Waals surface area contributed by atoms with Gasteiger partial charge in [0.1, 0.15) is 11.5 Å². The molecule has 0 fully saturated rings. The lowest BCUT2D eigenvalue weighted by atomic mass is 9.87. The van der Waals surface area contributed by atoms with Gasteiger partial charge in [0, 0.05) is 0 Å². The van der Waals surface area contributed by atoms with E-state index in [9.17, 15) is 9.59 Å². The van der Waals surface area contributed by atoms with Crippen LogP contribution >= 0.6 is 15.9 Å². The molecule has 0 saturated carbocycles. The Morgan fingerprint density at radius 1 is 0.931 bits per heavy atom. The Hall–Kier alpha value is -2.54. The van der Waals surface area contributed by atoms with Crippen LogP contribution in [-0.2, 0) is 21.4 Å². The second kappa shape index (κ2) is 10.3. The van der Waals surface area contributed by atoms with Crippen molar-refractivity contribution in [3.8, 4) is 11.5 Å². The van der Waals surface area contributed by atoms with Gasteiger partial charge in [-0.15, -0.1) is 0 Å². The first-order valence-corrected chi connectivity index (χ1v) is 10.2. The summed E-state index contributed by atoms with van der Waals surface area (Å²) in [4.78, 5) is 23.7. The normalized spacial score (nSPS) is 10.9. The number of benzene rings is 2. The second-order valence-corrected chi connectivity index (χ2v) is 8.42. The number of hydrogen-bond donors (Lipinski definition) is 2. The minimum Gasteiger partial charge on any atom is -0.484 e. The fourth-order valence-corrected chi connectivity index (χ4v) is 2.90. The fraction of sp³-hybridized carbons (Fsp3) is 0.364. The van der Waals surface area contributed by atoms with Crippen LogP contribution in [0.25, 0.3) is 0 Å². The smallest absolute Gasteiger partial charge is 0.276 e. The standard InChI is InChI=1S/C22H27BrN2O4/c1-5-15-6-9-17(10-7-15)28-13-20(26)24-25-21(27)14-29-19-11-8-16(12-18(19)23)22(2,3)4/h6-12H,5,13-14H2,1-4H3,(H,24,26)(H,25,27). The topological polar surface area (TPSA) is 76.7 Å². The molecule has 2 aromatic rings. The zero-order valence-electron chi connectivity index (χ0n) is 17.2. The Morgan fingerprint density at radius 2 is 1.52 bits per heavy atom. The van der Waals surface area contributed by atoms with Crippen molar-refractivity contribution >= 4 is 27.7 Å². The molecule has 0 aliphatic carbocycles. The first kappa shape index (κ1) is 22.7. The lowest BCUT2D eigenvalue weighted by Crippen LogP contribution is -2.45. The molecule has 29 heavy (non-hydrogen) atoms. The van der Waals surface area contributed by atoms with Crippen LogP contribution < -0.4 is 20.3 Å². The highest BCUT2D eigenvalue weighted by molar-refractivity contribution is 9.10. The van der Waals surface area contributed by atoms with Gasteiger partial charge in [-0.05, 0) is 63.2 Å². The monoisotopic (exact) mass is 462 g/mol. The van der Waals surface area contributed by atoms with E-state index in [0.717, 1.165) is 16.5 Å². The SMILES string of the molecule is CCc1ccc(OCC(=O)NNC(=O)COc2ccc(C(C)(C)C)cc2Br)cc1. The summed E-state index contributed by atoms with van der Waals surface area (Å²) in [5.74, 6) is 0.208. The third kappa shape index (κ3) is 7.42. The van der Waals surface area contributed by atoms with Crippen LogP contribution in [0.4, 0.5) is 0 Å². The molecule has 156 valence electrons. The summed E-state index contributed by atoms with van der Waals surface area (Å²) in [7, 11) is 0. The van der Waals surface area contributed by atoms with Crippen molar-refractivity contribution in [1.82, 2.24) is 10.9 Å².